The zero-order chi connectivity index (χ0) is 30.3. The molecule has 0 radical (unpaired) electrons. The predicted molar refractivity (Wildman–Crippen MR) is 165 cm³/mol. The van der Waals surface area contributed by atoms with Crippen LogP contribution in [-0.2, 0) is 23.9 Å². The highest BCUT2D eigenvalue weighted by Crippen LogP contribution is 2.56. The number of unbranched alkanes of at least 4 members (excludes halogenated alkanes) is 2. The van der Waals surface area contributed by atoms with E-state index in [2.05, 4.69) is 10.1 Å². The lowest BCUT2D eigenvalue weighted by atomic mass is 9.53. The highest BCUT2D eigenvalue weighted by atomic mass is 35.5. The second-order valence-electron chi connectivity index (χ2n) is 15.1. The molecule has 0 saturated heterocycles. The van der Waals surface area contributed by atoms with Crippen molar-refractivity contribution in [1.82, 2.24) is 5.32 Å². The van der Waals surface area contributed by atoms with Crippen LogP contribution in [0, 0.1) is 35.5 Å². The van der Waals surface area contributed by atoms with Crippen molar-refractivity contribution in [3.63, 3.8) is 0 Å². The van der Waals surface area contributed by atoms with Gasteiger partial charge in [-0.3, -0.25) is 14.4 Å². The van der Waals surface area contributed by atoms with Gasteiger partial charge in [-0.05, 0) is 157 Å². The zero-order valence-corrected chi connectivity index (χ0v) is 26.9. The van der Waals surface area contributed by atoms with Gasteiger partial charge in [-0.2, -0.15) is 0 Å². The number of esters is 1. The minimum Gasteiger partial charge on any atom is -0.469 e. The number of Topliss-reactive ketones (excluding diaryl/α,β-unsaturated/α-hetero) is 1. The Bertz CT molecular complexity index is 895. The molecule has 8 bridgehead atoms. The molecule has 42 heavy (non-hydrogen) atoms. The Morgan fingerprint density at radius 3 is 1.50 bits per heavy atom. The number of carbonyl (C=O) groups excluding carboxylic acids is 4. The van der Waals surface area contributed by atoms with Crippen LogP contribution in [0.4, 0.5) is 0 Å². The molecule has 0 heterocycles. The monoisotopic (exact) mass is 606 g/mol. The van der Waals surface area contributed by atoms with E-state index in [1.54, 1.807) is 6.92 Å². The van der Waals surface area contributed by atoms with Crippen LogP contribution < -0.4 is 11.1 Å². The lowest BCUT2D eigenvalue weighted by Crippen LogP contribution is -2.59. The van der Waals surface area contributed by atoms with Crippen LogP contribution in [0.5, 0.6) is 0 Å². The van der Waals surface area contributed by atoms with Gasteiger partial charge in [0.1, 0.15) is 5.78 Å². The smallest absolute Gasteiger partial charge is 0.305 e. The van der Waals surface area contributed by atoms with Crippen LogP contribution in [0.2, 0.25) is 0 Å². The topological polar surface area (TPSA) is 116 Å². The van der Waals surface area contributed by atoms with E-state index in [0.717, 1.165) is 48.3 Å². The van der Waals surface area contributed by atoms with Crippen molar-refractivity contribution >= 4 is 34.5 Å². The normalized spacial score (nSPS) is 36.3. The van der Waals surface area contributed by atoms with E-state index < -0.39 is 0 Å². The van der Waals surface area contributed by atoms with Gasteiger partial charge >= 0.3 is 5.97 Å². The van der Waals surface area contributed by atoms with Crippen LogP contribution in [-0.4, -0.2) is 41.1 Å². The fraction of sp³-hybridized carbons (Fsp3) is 0.882. The number of rotatable bonds is 11. The first kappa shape index (κ1) is 33.4. The quantitative estimate of drug-likeness (QED) is 0.155. The number of nitrogens with two attached hydrogens (primary N) is 1. The molecule has 238 valence electrons. The Hall–Kier alpha value is -1.47. The van der Waals surface area contributed by atoms with Crippen LogP contribution in [0.25, 0.3) is 0 Å². The molecule has 8 saturated carbocycles. The minimum absolute atomic E-state index is 0.145. The van der Waals surface area contributed by atoms with Gasteiger partial charge in [0.15, 0.2) is 0 Å². The first-order chi connectivity index (χ1) is 19.9. The summed E-state index contributed by atoms with van der Waals surface area (Å²) in [5, 5.41) is 3.04. The van der Waals surface area contributed by atoms with Crippen molar-refractivity contribution < 1.29 is 23.9 Å². The number of hydrogen-bond acceptors (Lipinski definition) is 6. The second-order valence-corrected chi connectivity index (χ2v) is 15.5. The summed E-state index contributed by atoms with van der Waals surface area (Å²) in [5.74, 6) is 5.88. The van der Waals surface area contributed by atoms with Crippen molar-refractivity contribution in [3.8, 4) is 0 Å². The maximum absolute atomic E-state index is 12.2. The van der Waals surface area contributed by atoms with E-state index in [0.29, 0.717) is 44.1 Å². The third-order valence-electron chi connectivity index (χ3n) is 10.9. The molecular weight excluding hydrogens is 552 g/mol. The summed E-state index contributed by atoms with van der Waals surface area (Å²) in [6.07, 6.45) is 21.4. The van der Waals surface area contributed by atoms with Gasteiger partial charge in [0.25, 0.3) is 0 Å². The average Bonchev–Trinajstić information content (AvgIpc) is 2.87. The molecule has 3 N–H and O–H groups in total. The van der Waals surface area contributed by atoms with Crippen LogP contribution in [0.15, 0.2) is 0 Å². The Balaban J connectivity index is 0.000000157. The molecule has 0 aromatic carbocycles. The van der Waals surface area contributed by atoms with E-state index in [4.69, 9.17) is 17.3 Å². The summed E-state index contributed by atoms with van der Waals surface area (Å²) in [4.78, 5) is 43.8. The molecule has 0 aliphatic heterocycles. The number of nitrogens with one attached hydrogen (secondary N) is 1. The maximum atomic E-state index is 12.2. The molecule has 7 nitrogen and oxygen atoms in total. The minimum atomic E-state index is -0.352. The number of ether oxygens (including phenoxy) is 1. The number of amides is 1. The highest BCUT2D eigenvalue weighted by molar-refractivity contribution is 6.63. The number of ketones is 1. The summed E-state index contributed by atoms with van der Waals surface area (Å²) in [5.41, 5.74) is 6.77. The largest absolute Gasteiger partial charge is 0.469 e. The maximum Gasteiger partial charge on any atom is 0.305 e. The Labute approximate surface area is 258 Å². The predicted octanol–water partition coefficient (Wildman–Crippen LogP) is 6.62. The number of hydrogen-bond donors (Lipinski definition) is 2. The summed E-state index contributed by atoms with van der Waals surface area (Å²) in [7, 11) is 1.34. The molecule has 0 spiro atoms. The third kappa shape index (κ3) is 10.0. The molecular formula is C34H55ClN2O5. The van der Waals surface area contributed by atoms with E-state index in [1.165, 1.54) is 84.2 Å². The Kier molecular flexibility index (Phi) is 11.9. The average molecular weight is 607 g/mol. The van der Waals surface area contributed by atoms with Crippen molar-refractivity contribution in [1.29, 1.82) is 0 Å². The molecule has 8 aliphatic carbocycles. The molecule has 0 unspecified atom stereocenters. The zero-order valence-electron chi connectivity index (χ0n) is 26.1. The summed E-state index contributed by atoms with van der Waals surface area (Å²) < 4.78 is 4.40. The van der Waals surface area contributed by atoms with E-state index in [1.807, 2.05) is 0 Å². The van der Waals surface area contributed by atoms with Gasteiger partial charge in [0, 0.05) is 36.8 Å². The first-order valence-electron chi connectivity index (χ1n) is 16.8. The van der Waals surface area contributed by atoms with Gasteiger partial charge < -0.3 is 20.6 Å². The van der Waals surface area contributed by atoms with Gasteiger partial charge in [-0.25, -0.2) is 0 Å². The second kappa shape index (κ2) is 15.0. The SMILES string of the molecule is CC(=O)CCCCC(=O)NC12CC3CC(CC(C3)C1)C2.COC(=O)CCCCC(=O)Cl.NC12CC3CC(CC(C3)C1)C2. The lowest BCUT2D eigenvalue weighted by molar-refractivity contribution is -0.140. The first-order valence-corrected chi connectivity index (χ1v) is 17.2. The Morgan fingerprint density at radius 1 is 0.690 bits per heavy atom. The number of carbonyl (C=O) groups is 4. The van der Waals surface area contributed by atoms with Gasteiger partial charge in [0.2, 0.25) is 11.1 Å². The summed E-state index contributed by atoms with van der Waals surface area (Å²) in [6.45, 7) is 1.62. The van der Waals surface area contributed by atoms with Crippen molar-refractivity contribution in [2.45, 2.75) is 146 Å². The number of methoxy groups -OCH3 is 1. The molecule has 0 atom stereocenters. The van der Waals surface area contributed by atoms with Crippen molar-refractivity contribution in [3.05, 3.63) is 0 Å². The molecule has 8 aliphatic rings. The van der Waals surface area contributed by atoms with Gasteiger partial charge in [-0.15, -0.1) is 0 Å². The van der Waals surface area contributed by atoms with Gasteiger partial charge in [-0.1, -0.05) is 0 Å². The van der Waals surface area contributed by atoms with Crippen LogP contribution in [0.1, 0.15) is 135 Å². The van der Waals surface area contributed by atoms with E-state index in [-0.39, 0.29) is 28.4 Å². The summed E-state index contributed by atoms with van der Waals surface area (Å²) >= 11 is 5.07. The highest BCUT2D eigenvalue weighted by Gasteiger charge is 2.51. The lowest BCUT2D eigenvalue weighted by Gasteiger charge is -2.56. The molecule has 8 heteroatoms. The molecule has 8 rings (SSSR count). The fourth-order valence-corrected chi connectivity index (χ4v) is 10.2. The standard InChI is InChI=1S/C17H27NO2.C10H17N.C7H11ClO3/c1-12(19)4-2-3-5-16(20)18-17-9-13-6-14(10-17)8-15(7-13)11-17;11-10-4-7-1-8(5-10)3-9(2-7)6-10;1-11-7(10)5-3-2-4-6(8)9/h13-15H,2-11H2,1H3,(H,18,20);7-9H,1-6,11H2;2-5H2,1H3. The molecule has 1 amide bonds. The molecule has 0 aromatic heterocycles. The number of halogens is 1. The summed E-state index contributed by atoms with van der Waals surface area (Å²) in [6, 6.07) is 0. The molecule has 8 fully saturated rings. The van der Waals surface area contributed by atoms with Crippen molar-refractivity contribution in [2.24, 2.45) is 41.2 Å². The van der Waals surface area contributed by atoms with E-state index in [9.17, 15) is 19.2 Å². The Morgan fingerprint density at radius 2 is 1.10 bits per heavy atom. The third-order valence-corrected chi connectivity index (χ3v) is 11.1. The van der Waals surface area contributed by atoms with Gasteiger partial charge in [0.05, 0.1) is 7.11 Å². The molecule has 0 aromatic rings. The van der Waals surface area contributed by atoms with E-state index >= 15 is 0 Å². The van der Waals surface area contributed by atoms with Crippen LogP contribution >= 0.6 is 11.6 Å². The van der Waals surface area contributed by atoms with Crippen LogP contribution in [0.3, 0.4) is 0 Å². The fourth-order valence-electron chi connectivity index (χ4n) is 10.1. The van der Waals surface area contributed by atoms with Crippen molar-refractivity contribution in [2.75, 3.05) is 7.11 Å².